The van der Waals surface area contributed by atoms with Gasteiger partial charge in [-0.05, 0) is 26.3 Å². The van der Waals surface area contributed by atoms with Crippen LogP contribution in [0.3, 0.4) is 0 Å². The lowest BCUT2D eigenvalue weighted by molar-refractivity contribution is -0.148. The maximum atomic E-state index is 11.4. The first-order valence-electron chi connectivity index (χ1n) is 6.31. The fourth-order valence-electron chi connectivity index (χ4n) is 2.65. The average molecular weight is 253 g/mol. The zero-order chi connectivity index (χ0) is 13.2. The zero-order valence-corrected chi connectivity index (χ0v) is 10.8. The van der Waals surface area contributed by atoms with Crippen molar-refractivity contribution < 1.29 is 14.4 Å². The smallest absolute Gasteiger partial charge is 0.310 e. The molecule has 1 saturated heterocycles. The molecule has 0 aromatic carbocycles. The number of rotatable bonds is 5. The first kappa shape index (κ1) is 13.0. The summed E-state index contributed by atoms with van der Waals surface area (Å²) >= 11 is 0. The Kier molecular flexibility index (Phi) is 3.65. The molecule has 1 unspecified atom stereocenters. The Labute approximate surface area is 106 Å². The van der Waals surface area contributed by atoms with Gasteiger partial charge in [-0.15, -0.1) is 0 Å². The summed E-state index contributed by atoms with van der Waals surface area (Å²) in [4.78, 5) is 17.7. The maximum Gasteiger partial charge on any atom is 0.310 e. The number of carboxylic acids is 1. The van der Waals surface area contributed by atoms with Crippen molar-refractivity contribution in [1.29, 1.82) is 0 Å². The third-order valence-corrected chi connectivity index (χ3v) is 3.54. The van der Waals surface area contributed by atoms with Crippen LogP contribution in [-0.2, 0) is 11.3 Å². The highest BCUT2D eigenvalue weighted by atomic mass is 16.5. The molecule has 0 spiro atoms. The molecule has 0 saturated carbocycles. The standard InChI is InChI=1S/C12H19N3O3/c1-3-4-12(11(16)17)5-6-15(8-12)7-10-13-9(2)14-18-10/h3-8H2,1-2H3,(H,16,17). The highest BCUT2D eigenvalue weighted by Gasteiger charge is 2.44. The topological polar surface area (TPSA) is 79.5 Å². The fourth-order valence-corrected chi connectivity index (χ4v) is 2.65. The molecule has 1 N–H and O–H groups in total. The van der Waals surface area contributed by atoms with E-state index in [1.54, 1.807) is 6.92 Å². The summed E-state index contributed by atoms with van der Waals surface area (Å²) in [5, 5.41) is 13.1. The second-order valence-corrected chi connectivity index (χ2v) is 5.03. The van der Waals surface area contributed by atoms with E-state index in [0.29, 0.717) is 31.2 Å². The number of carboxylic acid groups (broad SMARTS) is 1. The summed E-state index contributed by atoms with van der Waals surface area (Å²) in [5.74, 6) is 0.487. The van der Waals surface area contributed by atoms with Crippen LogP contribution in [0.4, 0.5) is 0 Å². The molecule has 2 rings (SSSR count). The lowest BCUT2D eigenvalue weighted by Crippen LogP contribution is -2.34. The summed E-state index contributed by atoms with van der Waals surface area (Å²) in [6.45, 7) is 5.68. The lowest BCUT2D eigenvalue weighted by atomic mass is 9.83. The van der Waals surface area contributed by atoms with E-state index >= 15 is 0 Å². The molecule has 1 aromatic rings. The highest BCUT2D eigenvalue weighted by Crippen LogP contribution is 2.36. The minimum atomic E-state index is -0.687. The van der Waals surface area contributed by atoms with Crippen LogP contribution in [0.1, 0.15) is 37.9 Å². The van der Waals surface area contributed by atoms with Crippen LogP contribution in [0.15, 0.2) is 4.52 Å². The number of aryl methyl sites for hydroxylation is 1. The molecule has 1 aromatic heterocycles. The van der Waals surface area contributed by atoms with Crippen molar-refractivity contribution in [3.8, 4) is 0 Å². The lowest BCUT2D eigenvalue weighted by Gasteiger charge is -2.23. The molecule has 0 bridgehead atoms. The quantitative estimate of drug-likeness (QED) is 0.855. The Balaban J connectivity index is 2.00. The number of hydrogen-bond donors (Lipinski definition) is 1. The average Bonchev–Trinajstić information content (AvgIpc) is 2.88. The van der Waals surface area contributed by atoms with Crippen molar-refractivity contribution in [3.63, 3.8) is 0 Å². The van der Waals surface area contributed by atoms with E-state index in [0.717, 1.165) is 19.4 Å². The first-order chi connectivity index (χ1) is 8.55. The molecular formula is C12H19N3O3. The van der Waals surface area contributed by atoms with E-state index in [1.807, 2.05) is 6.92 Å². The van der Waals surface area contributed by atoms with Crippen molar-refractivity contribution in [2.75, 3.05) is 13.1 Å². The Hall–Kier alpha value is -1.43. The Morgan fingerprint density at radius 1 is 1.61 bits per heavy atom. The maximum absolute atomic E-state index is 11.4. The highest BCUT2D eigenvalue weighted by molar-refractivity contribution is 5.75. The monoisotopic (exact) mass is 253 g/mol. The molecule has 6 nitrogen and oxygen atoms in total. The molecular weight excluding hydrogens is 234 g/mol. The normalized spacial score (nSPS) is 24.6. The third-order valence-electron chi connectivity index (χ3n) is 3.54. The number of hydrogen-bond acceptors (Lipinski definition) is 5. The van der Waals surface area contributed by atoms with Gasteiger partial charge in [-0.25, -0.2) is 0 Å². The van der Waals surface area contributed by atoms with Crippen LogP contribution in [0, 0.1) is 12.3 Å². The van der Waals surface area contributed by atoms with Gasteiger partial charge in [-0.3, -0.25) is 9.69 Å². The SMILES string of the molecule is CCCC1(C(=O)O)CCN(Cc2nc(C)no2)C1. The summed E-state index contributed by atoms with van der Waals surface area (Å²) in [6.07, 6.45) is 2.31. The Morgan fingerprint density at radius 2 is 2.39 bits per heavy atom. The van der Waals surface area contributed by atoms with Gasteiger partial charge in [0.1, 0.15) is 0 Å². The molecule has 100 valence electrons. The Bertz CT molecular complexity index is 432. The van der Waals surface area contributed by atoms with Gasteiger partial charge in [0.25, 0.3) is 0 Å². The molecule has 18 heavy (non-hydrogen) atoms. The predicted molar refractivity (Wildman–Crippen MR) is 63.9 cm³/mol. The van der Waals surface area contributed by atoms with E-state index in [4.69, 9.17) is 4.52 Å². The fraction of sp³-hybridized carbons (Fsp3) is 0.750. The number of nitrogens with zero attached hydrogens (tertiary/aromatic N) is 3. The van der Waals surface area contributed by atoms with Gasteiger partial charge < -0.3 is 9.63 Å². The van der Waals surface area contributed by atoms with Gasteiger partial charge in [0.2, 0.25) is 5.89 Å². The van der Waals surface area contributed by atoms with Crippen molar-refractivity contribution in [1.82, 2.24) is 15.0 Å². The van der Waals surface area contributed by atoms with Crippen LogP contribution >= 0.6 is 0 Å². The van der Waals surface area contributed by atoms with Crippen LogP contribution in [0.2, 0.25) is 0 Å². The van der Waals surface area contributed by atoms with Gasteiger partial charge in [-0.2, -0.15) is 4.98 Å². The van der Waals surface area contributed by atoms with Crippen molar-refractivity contribution in [2.45, 2.75) is 39.7 Å². The molecule has 6 heteroatoms. The van der Waals surface area contributed by atoms with Crippen LogP contribution in [0.25, 0.3) is 0 Å². The van der Waals surface area contributed by atoms with Gasteiger partial charge in [0.15, 0.2) is 5.82 Å². The number of carbonyl (C=O) groups is 1. The number of aromatic nitrogens is 2. The molecule has 1 aliphatic heterocycles. The van der Waals surface area contributed by atoms with E-state index in [1.165, 1.54) is 0 Å². The van der Waals surface area contributed by atoms with E-state index < -0.39 is 11.4 Å². The van der Waals surface area contributed by atoms with Gasteiger partial charge in [0, 0.05) is 6.54 Å². The van der Waals surface area contributed by atoms with Crippen molar-refractivity contribution in [2.24, 2.45) is 5.41 Å². The second kappa shape index (κ2) is 5.06. The van der Waals surface area contributed by atoms with Crippen molar-refractivity contribution in [3.05, 3.63) is 11.7 Å². The Morgan fingerprint density at radius 3 is 2.94 bits per heavy atom. The summed E-state index contributed by atoms with van der Waals surface area (Å²) in [7, 11) is 0. The summed E-state index contributed by atoms with van der Waals surface area (Å²) in [5.41, 5.74) is -0.593. The van der Waals surface area contributed by atoms with Crippen LogP contribution in [-0.4, -0.2) is 39.2 Å². The molecule has 0 amide bonds. The largest absolute Gasteiger partial charge is 0.481 e. The minimum absolute atomic E-state index is 0.541. The van der Waals surface area contributed by atoms with E-state index in [2.05, 4.69) is 15.0 Å². The second-order valence-electron chi connectivity index (χ2n) is 5.03. The number of likely N-dealkylation sites (tertiary alicyclic amines) is 1. The molecule has 1 aliphatic rings. The van der Waals surface area contributed by atoms with Crippen LogP contribution in [0.5, 0.6) is 0 Å². The van der Waals surface area contributed by atoms with Gasteiger partial charge in [0.05, 0.1) is 12.0 Å². The molecule has 2 heterocycles. The molecule has 0 aliphatic carbocycles. The molecule has 0 radical (unpaired) electrons. The van der Waals surface area contributed by atoms with E-state index in [9.17, 15) is 9.90 Å². The minimum Gasteiger partial charge on any atom is -0.481 e. The van der Waals surface area contributed by atoms with Gasteiger partial charge in [-0.1, -0.05) is 18.5 Å². The number of aliphatic carboxylic acids is 1. The summed E-state index contributed by atoms with van der Waals surface area (Å²) in [6, 6.07) is 0. The van der Waals surface area contributed by atoms with E-state index in [-0.39, 0.29) is 0 Å². The van der Waals surface area contributed by atoms with Crippen LogP contribution < -0.4 is 0 Å². The van der Waals surface area contributed by atoms with Gasteiger partial charge >= 0.3 is 5.97 Å². The molecule has 1 atom stereocenters. The van der Waals surface area contributed by atoms with Crippen molar-refractivity contribution >= 4 is 5.97 Å². The third kappa shape index (κ3) is 2.53. The molecule has 1 fully saturated rings. The predicted octanol–water partition coefficient (Wildman–Crippen LogP) is 1.45. The first-order valence-corrected chi connectivity index (χ1v) is 6.31. The summed E-state index contributed by atoms with van der Waals surface area (Å²) < 4.78 is 5.06. The zero-order valence-electron chi connectivity index (χ0n) is 10.8.